The summed E-state index contributed by atoms with van der Waals surface area (Å²) in [6.07, 6.45) is 5.85. The summed E-state index contributed by atoms with van der Waals surface area (Å²) in [6.45, 7) is 1.95. The summed E-state index contributed by atoms with van der Waals surface area (Å²) in [5, 5.41) is 12.6. The smallest absolute Gasteiger partial charge is 0.303 e. The maximum absolute atomic E-state index is 10.6. The number of anilines is 1. The summed E-state index contributed by atoms with van der Waals surface area (Å²) in [6, 6.07) is 5.61. The van der Waals surface area contributed by atoms with Crippen LogP contribution < -0.4 is 5.32 Å². The van der Waals surface area contributed by atoms with Gasteiger partial charge in [0.05, 0.1) is 22.7 Å². The third kappa shape index (κ3) is 3.51. The van der Waals surface area contributed by atoms with Crippen molar-refractivity contribution in [1.82, 2.24) is 9.55 Å². The van der Waals surface area contributed by atoms with Crippen LogP contribution in [0.3, 0.4) is 0 Å². The van der Waals surface area contributed by atoms with E-state index in [9.17, 15) is 4.79 Å². The number of nitrogens with one attached hydrogen (secondary N) is 1. The summed E-state index contributed by atoms with van der Waals surface area (Å²) in [5.41, 5.74) is 1.67. The zero-order valence-electron chi connectivity index (χ0n) is 11.1. The van der Waals surface area contributed by atoms with Crippen molar-refractivity contribution in [3.05, 3.63) is 41.9 Å². The van der Waals surface area contributed by atoms with E-state index in [4.69, 9.17) is 16.7 Å². The van der Waals surface area contributed by atoms with Crippen LogP contribution in [0.15, 0.2) is 36.9 Å². The molecule has 1 heterocycles. The van der Waals surface area contributed by atoms with Gasteiger partial charge in [-0.3, -0.25) is 4.79 Å². The van der Waals surface area contributed by atoms with Gasteiger partial charge in [0.1, 0.15) is 0 Å². The van der Waals surface area contributed by atoms with Gasteiger partial charge in [-0.1, -0.05) is 17.7 Å². The van der Waals surface area contributed by atoms with Crippen LogP contribution in [0.1, 0.15) is 19.8 Å². The number of benzene rings is 1. The van der Waals surface area contributed by atoms with Gasteiger partial charge in [-0.05, 0) is 25.5 Å². The molecule has 1 aromatic carbocycles. The number of hydrogen-bond donors (Lipinski definition) is 2. The van der Waals surface area contributed by atoms with E-state index in [0.29, 0.717) is 11.4 Å². The van der Waals surface area contributed by atoms with Crippen molar-refractivity contribution in [3.63, 3.8) is 0 Å². The van der Waals surface area contributed by atoms with Crippen LogP contribution in [0.25, 0.3) is 5.69 Å². The van der Waals surface area contributed by atoms with Gasteiger partial charge in [-0.25, -0.2) is 4.98 Å². The molecule has 106 valence electrons. The van der Waals surface area contributed by atoms with E-state index in [-0.39, 0.29) is 12.5 Å². The van der Waals surface area contributed by atoms with E-state index in [1.54, 1.807) is 12.5 Å². The fourth-order valence-corrected chi connectivity index (χ4v) is 2.24. The molecule has 0 spiro atoms. The lowest BCUT2D eigenvalue weighted by Gasteiger charge is -2.18. The van der Waals surface area contributed by atoms with Gasteiger partial charge in [-0.15, -0.1) is 0 Å². The molecule has 2 N–H and O–H groups in total. The molecule has 5 nitrogen and oxygen atoms in total. The zero-order valence-corrected chi connectivity index (χ0v) is 11.8. The number of imidazole rings is 1. The highest BCUT2D eigenvalue weighted by molar-refractivity contribution is 6.33. The average molecular weight is 294 g/mol. The van der Waals surface area contributed by atoms with Crippen molar-refractivity contribution in [2.75, 3.05) is 5.32 Å². The van der Waals surface area contributed by atoms with Crippen LogP contribution in [0.5, 0.6) is 0 Å². The van der Waals surface area contributed by atoms with Crippen LogP contribution in [-0.2, 0) is 4.79 Å². The Bertz CT molecular complexity index is 584. The van der Waals surface area contributed by atoms with Crippen molar-refractivity contribution in [3.8, 4) is 5.69 Å². The molecular formula is C14H16ClN3O2. The third-order valence-corrected chi connectivity index (χ3v) is 3.25. The largest absolute Gasteiger partial charge is 0.481 e. The lowest BCUT2D eigenvalue weighted by Crippen LogP contribution is -2.18. The molecule has 0 aliphatic rings. The summed E-state index contributed by atoms with van der Waals surface area (Å²) in [4.78, 5) is 14.6. The zero-order chi connectivity index (χ0) is 14.5. The van der Waals surface area contributed by atoms with Gasteiger partial charge in [0.15, 0.2) is 0 Å². The maximum atomic E-state index is 10.6. The van der Waals surface area contributed by atoms with Crippen LogP contribution in [0, 0.1) is 0 Å². The number of rotatable bonds is 6. The van der Waals surface area contributed by atoms with Crippen LogP contribution in [-0.4, -0.2) is 26.7 Å². The Kier molecular flexibility index (Phi) is 4.63. The van der Waals surface area contributed by atoms with Crippen molar-refractivity contribution in [2.24, 2.45) is 0 Å². The lowest BCUT2D eigenvalue weighted by molar-refractivity contribution is -0.137. The highest BCUT2D eigenvalue weighted by atomic mass is 35.5. The van der Waals surface area contributed by atoms with Gasteiger partial charge >= 0.3 is 5.97 Å². The first-order chi connectivity index (χ1) is 9.58. The van der Waals surface area contributed by atoms with E-state index in [0.717, 1.165) is 11.4 Å². The molecule has 1 unspecified atom stereocenters. The molecule has 0 saturated heterocycles. The highest BCUT2D eigenvalue weighted by Crippen LogP contribution is 2.29. The number of hydrogen-bond acceptors (Lipinski definition) is 3. The van der Waals surface area contributed by atoms with Gasteiger partial charge in [0.2, 0.25) is 0 Å². The molecule has 0 aliphatic carbocycles. The first-order valence-electron chi connectivity index (χ1n) is 6.33. The molecule has 0 saturated carbocycles. The maximum Gasteiger partial charge on any atom is 0.303 e. The molecular weight excluding hydrogens is 278 g/mol. The van der Waals surface area contributed by atoms with Crippen LogP contribution in [0.2, 0.25) is 5.02 Å². The second kappa shape index (κ2) is 6.43. The minimum Gasteiger partial charge on any atom is -0.481 e. The Morgan fingerprint density at radius 3 is 3.00 bits per heavy atom. The van der Waals surface area contributed by atoms with Crippen molar-refractivity contribution in [1.29, 1.82) is 0 Å². The standard InChI is InChI=1S/C14H16ClN3O2/c1-10(5-6-13(19)20)17-12-4-2-3-11(15)14(12)18-8-7-16-9-18/h2-4,7-10,17H,5-6H2,1H3,(H,19,20). The molecule has 0 radical (unpaired) electrons. The Labute approximate surface area is 122 Å². The number of aromatic nitrogens is 2. The molecule has 0 aliphatic heterocycles. The minimum atomic E-state index is -0.792. The van der Waals surface area contributed by atoms with E-state index < -0.39 is 5.97 Å². The number of aliphatic carboxylic acids is 1. The van der Waals surface area contributed by atoms with Gasteiger partial charge in [-0.2, -0.15) is 0 Å². The SMILES string of the molecule is CC(CCC(=O)O)Nc1cccc(Cl)c1-n1ccnc1. The number of carboxylic acid groups (broad SMARTS) is 1. The molecule has 1 atom stereocenters. The Morgan fingerprint density at radius 1 is 1.55 bits per heavy atom. The number of para-hydroxylation sites is 1. The fourth-order valence-electron chi connectivity index (χ4n) is 1.96. The molecule has 6 heteroatoms. The number of nitrogens with zero attached hydrogens (tertiary/aromatic N) is 2. The van der Waals surface area contributed by atoms with E-state index >= 15 is 0 Å². The number of halogens is 1. The average Bonchev–Trinajstić information content (AvgIpc) is 2.90. The second-order valence-corrected chi connectivity index (χ2v) is 4.99. The molecule has 0 amide bonds. The van der Waals surface area contributed by atoms with Crippen LogP contribution >= 0.6 is 11.6 Å². The van der Waals surface area contributed by atoms with Gasteiger partial charge in [0, 0.05) is 24.9 Å². The number of carboxylic acids is 1. The summed E-state index contributed by atoms with van der Waals surface area (Å²) in [7, 11) is 0. The van der Waals surface area contributed by atoms with Crippen molar-refractivity contribution >= 4 is 23.3 Å². The van der Waals surface area contributed by atoms with Crippen molar-refractivity contribution < 1.29 is 9.90 Å². The molecule has 0 bridgehead atoms. The molecule has 2 aromatic rings. The molecule has 2 rings (SSSR count). The first-order valence-corrected chi connectivity index (χ1v) is 6.71. The number of carbonyl (C=O) groups is 1. The Hall–Kier alpha value is -2.01. The fraction of sp³-hybridized carbons (Fsp3) is 0.286. The third-order valence-electron chi connectivity index (χ3n) is 2.94. The van der Waals surface area contributed by atoms with E-state index in [1.165, 1.54) is 0 Å². The first kappa shape index (κ1) is 14.4. The second-order valence-electron chi connectivity index (χ2n) is 4.58. The van der Waals surface area contributed by atoms with Gasteiger partial charge < -0.3 is 15.0 Å². The summed E-state index contributed by atoms with van der Waals surface area (Å²) < 4.78 is 1.83. The molecule has 0 fully saturated rings. The van der Waals surface area contributed by atoms with Gasteiger partial charge in [0.25, 0.3) is 0 Å². The van der Waals surface area contributed by atoms with E-state index in [2.05, 4.69) is 10.3 Å². The lowest BCUT2D eigenvalue weighted by atomic mass is 10.1. The predicted octanol–water partition coefficient (Wildman–Crippen LogP) is 3.19. The molecule has 20 heavy (non-hydrogen) atoms. The quantitative estimate of drug-likeness (QED) is 0.858. The normalized spacial score (nSPS) is 12.1. The topological polar surface area (TPSA) is 67.2 Å². The predicted molar refractivity (Wildman–Crippen MR) is 78.5 cm³/mol. The minimum absolute atomic E-state index is 0.0341. The summed E-state index contributed by atoms with van der Waals surface area (Å²) >= 11 is 6.25. The van der Waals surface area contributed by atoms with E-state index in [1.807, 2.05) is 35.9 Å². The monoisotopic (exact) mass is 293 g/mol. The van der Waals surface area contributed by atoms with Crippen molar-refractivity contribution in [2.45, 2.75) is 25.8 Å². The molecule has 1 aromatic heterocycles. The Morgan fingerprint density at radius 2 is 2.35 bits per heavy atom. The van der Waals surface area contributed by atoms with Crippen LogP contribution in [0.4, 0.5) is 5.69 Å². The Balaban J connectivity index is 2.20. The summed E-state index contributed by atoms with van der Waals surface area (Å²) in [5.74, 6) is -0.792. The highest BCUT2D eigenvalue weighted by Gasteiger charge is 2.12.